The van der Waals surface area contributed by atoms with Crippen LogP contribution in [0.15, 0.2) is 46.3 Å². The molecule has 0 amide bonds. The van der Waals surface area contributed by atoms with Crippen LogP contribution in [-0.4, -0.2) is 34.2 Å². The molecule has 5 rings (SSSR count). The summed E-state index contributed by atoms with van der Waals surface area (Å²) < 4.78 is 5.80. The molecule has 134 valence electrons. The molecule has 2 aliphatic rings. The third kappa shape index (κ3) is 2.70. The highest BCUT2D eigenvalue weighted by atomic mass is 35.5. The molecular weight excluding hydrogens is 366 g/mol. The van der Waals surface area contributed by atoms with Gasteiger partial charge in [0.05, 0.1) is 10.8 Å². The van der Waals surface area contributed by atoms with Crippen LogP contribution in [0.4, 0.5) is 0 Å². The molecular formula is C20H20ClN3OS. The third-order valence-corrected chi connectivity index (χ3v) is 7.15. The number of rotatable bonds is 3. The van der Waals surface area contributed by atoms with Gasteiger partial charge in [-0.1, -0.05) is 35.0 Å². The van der Waals surface area contributed by atoms with Crippen LogP contribution in [0.2, 0.25) is 5.02 Å². The maximum Gasteiger partial charge on any atom is 0.232 e. The van der Waals surface area contributed by atoms with Gasteiger partial charge in [-0.2, -0.15) is 4.98 Å². The number of hydrogen-bond acceptors (Lipinski definition) is 5. The smallest absolute Gasteiger partial charge is 0.232 e. The lowest BCUT2D eigenvalue weighted by Gasteiger charge is -2.41. The van der Waals surface area contributed by atoms with Crippen LogP contribution in [0.1, 0.15) is 42.6 Å². The lowest BCUT2D eigenvalue weighted by Crippen LogP contribution is -2.44. The fourth-order valence-electron chi connectivity index (χ4n) is 4.73. The molecule has 4 atom stereocenters. The van der Waals surface area contributed by atoms with Crippen LogP contribution in [-0.2, 0) is 0 Å². The summed E-state index contributed by atoms with van der Waals surface area (Å²) in [6.45, 7) is 0. The fraction of sp³-hybridized carbons (Fsp3) is 0.400. The average Bonchev–Trinajstić information content (AvgIpc) is 3.37. The van der Waals surface area contributed by atoms with Gasteiger partial charge in [0.1, 0.15) is 0 Å². The van der Waals surface area contributed by atoms with Crippen LogP contribution in [0.3, 0.4) is 0 Å². The van der Waals surface area contributed by atoms with Crippen LogP contribution < -0.4 is 0 Å². The molecule has 4 heterocycles. The highest BCUT2D eigenvalue weighted by Crippen LogP contribution is 2.50. The van der Waals surface area contributed by atoms with Crippen molar-refractivity contribution in [3.63, 3.8) is 0 Å². The summed E-state index contributed by atoms with van der Waals surface area (Å²) in [7, 11) is 2.24. The molecule has 0 N–H and O–H groups in total. The van der Waals surface area contributed by atoms with Crippen molar-refractivity contribution in [3.8, 4) is 10.7 Å². The highest BCUT2D eigenvalue weighted by molar-refractivity contribution is 7.13. The fourth-order valence-corrected chi connectivity index (χ4v) is 5.51. The Labute approximate surface area is 161 Å². The molecule has 0 aliphatic carbocycles. The first-order valence-electron chi connectivity index (χ1n) is 9.05. The normalized spacial score (nSPS) is 28.5. The van der Waals surface area contributed by atoms with E-state index in [0.717, 1.165) is 22.2 Å². The summed E-state index contributed by atoms with van der Waals surface area (Å²) in [6, 6.07) is 13.4. The average molecular weight is 386 g/mol. The molecule has 2 saturated heterocycles. The van der Waals surface area contributed by atoms with E-state index in [1.54, 1.807) is 11.3 Å². The zero-order valence-corrected chi connectivity index (χ0v) is 16.1. The molecule has 2 bridgehead atoms. The molecule has 2 aromatic heterocycles. The topological polar surface area (TPSA) is 42.2 Å². The number of piperidine rings is 1. The zero-order chi connectivity index (χ0) is 17.7. The summed E-state index contributed by atoms with van der Waals surface area (Å²) in [5.74, 6) is 2.08. The van der Waals surface area contributed by atoms with Crippen molar-refractivity contribution < 1.29 is 4.52 Å². The molecule has 0 spiro atoms. The lowest BCUT2D eigenvalue weighted by atomic mass is 9.76. The van der Waals surface area contributed by atoms with Crippen molar-refractivity contribution >= 4 is 22.9 Å². The van der Waals surface area contributed by atoms with Gasteiger partial charge in [0.15, 0.2) is 0 Å². The van der Waals surface area contributed by atoms with Gasteiger partial charge in [0.2, 0.25) is 11.7 Å². The van der Waals surface area contributed by atoms with E-state index in [4.69, 9.17) is 21.1 Å². The number of fused-ring (bicyclic) bond motifs is 2. The van der Waals surface area contributed by atoms with Crippen molar-refractivity contribution in [2.75, 3.05) is 7.05 Å². The molecule has 2 aliphatic heterocycles. The Hall–Kier alpha value is -1.69. The van der Waals surface area contributed by atoms with Crippen molar-refractivity contribution in [1.82, 2.24) is 15.0 Å². The highest BCUT2D eigenvalue weighted by Gasteiger charge is 2.48. The Bertz CT molecular complexity index is 892. The van der Waals surface area contributed by atoms with E-state index in [1.807, 2.05) is 29.6 Å². The van der Waals surface area contributed by atoms with E-state index >= 15 is 0 Å². The van der Waals surface area contributed by atoms with Crippen molar-refractivity contribution in [2.24, 2.45) is 0 Å². The summed E-state index contributed by atoms with van der Waals surface area (Å²) >= 11 is 7.75. The van der Waals surface area contributed by atoms with E-state index in [-0.39, 0.29) is 5.92 Å². The van der Waals surface area contributed by atoms with Crippen LogP contribution >= 0.6 is 22.9 Å². The van der Waals surface area contributed by atoms with Crippen molar-refractivity contribution in [3.05, 3.63) is 58.3 Å². The molecule has 0 unspecified atom stereocenters. The lowest BCUT2D eigenvalue weighted by molar-refractivity contribution is 0.120. The first-order valence-corrected chi connectivity index (χ1v) is 10.3. The zero-order valence-electron chi connectivity index (χ0n) is 14.5. The van der Waals surface area contributed by atoms with Gasteiger partial charge < -0.3 is 4.52 Å². The minimum Gasteiger partial charge on any atom is -0.339 e. The number of hydrogen-bond donors (Lipinski definition) is 0. The summed E-state index contributed by atoms with van der Waals surface area (Å²) in [5.41, 5.74) is 1.32. The standard InChI is InChI=1S/C20H20ClN3OS/c1-24-14-8-9-16(24)18(15(11-14)12-4-6-13(21)7-5-12)20-22-19(23-25-20)17-3-2-10-26-17/h2-7,10,14-16,18H,8-9,11H2,1H3/t14-,15+,16+,18+/m1/s1. The SMILES string of the molecule is CN1[C@@H]2CC[C@H]1[C@@H](c1nc(-c3cccs3)no1)[C@H](c1ccc(Cl)cc1)C2. The second kappa shape index (κ2) is 6.48. The number of benzene rings is 1. The first kappa shape index (κ1) is 16.5. The van der Waals surface area contributed by atoms with E-state index in [2.05, 4.69) is 29.2 Å². The number of aromatic nitrogens is 2. The second-order valence-corrected chi connectivity index (χ2v) is 8.70. The molecule has 26 heavy (non-hydrogen) atoms. The van der Waals surface area contributed by atoms with E-state index in [1.165, 1.54) is 18.4 Å². The van der Waals surface area contributed by atoms with Crippen LogP contribution in [0.5, 0.6) is 0 Å². The van der Waals surface area contributed by atoms with Gasteiger partial charge in [-0.25, -0.2) is 0 Å². The predicted octanol–water partition coefficient (Wildman–Crippen LogP) is 5.19. The van der Waals surface area contributed by atoms with Crippen molar-refractivity contribution in [1.29, 1.82) is 0 Å². The molecule has 2 fully saturated rings. The van der Waals surface area contributed by atoms with Gasteiger partial charge in [0, 0.05) is 17.1 Å². The predicted molar refractivity (Wildman–Crippen MR) is 104 cm³/mol. The summed E-state index contributed by atoms with van der Waals surface area (Å²) in [5, 5.41) is 7.08. The molecule has 1 aromatic carbocycles. The van der Waals surface area contributed by atoms with Gasteiger partial charge >= 0.3 is 0 Å². The number of halogens is 1. The molecule has 3 aromatic rings. The molecule has 0 radical (unpaired) electrons. The van der Waals surface area contributed by atoms with Crippen molar-refractivity contribution in [2.45, 2.75) is 43.2 Å². The Morgan fingerprint density at radius 1 is 1.19 bits per heavy atom. The van der Waals surface area contributed by atoms with E-state index < -0.39 is 0 Å². The molecule has 6 heteroatoms. The monoisotopic (exact) mass is 385 g/mol. The quantitative estimate of drug-likeness (QED) is 0.622. The van der Waals surface area contributed by atoms with E-state index in [9.17, 15) is 0 Å². The minimum atomic E-state index is 0.223. The Balaban J connectivity index is 1.55. The summed E-state index contributed by atoms with van der Waals surface area (Å²) in [6.07, 6.45) is 3.55. The maximum absolute atomic E-state index is 6.11. The molecule has 0 saturated carbocycles. The minimum absolute atomic E-state index is 0.223. The van der Waals surface area contributed by atoms with Crippen LogP contribution in [0, 0.1) is 0 Å². The maximum atomic E-state index is 6.11. The number of likely N-dealkylation sites (N-methyl/N-ethyl adjacent to an activating group) is 1. The number of nitrogens with zero attached hydrogens (tertiary/aromatic N) is 3. The summed E-state index contributed by atoms with van der Waals surface area (Å²) in [4.78, 5) is 8.37. The Kier molecular flexibility index (Phi) is 4.11. The third-order valence-electron chi connectivity index (χ3n) is 6.04. The van der Waals surface area contributed by atoms with Gasteiger partial charge in [-0.3, -0.25) is 4.90 Å². The van der Waals surface area contributed by atoms with Gasteiger partial charge in [0.25, 0.3) is 0 Å². The van der Waals surface area contributed by atoms with Gasteiger partial charge in [-0.05, 0) is 61.4 Å². The Morgan fingerprint density at radius 2 is 2.04 bits per heavy atom. The van der Waals surface area contributed by atoms with Gasteiger partial charge in [-0.15, -0.1) is 11.3 Å². The van der Waals surface area contributed by atoms with E-state index in [0.29, 0.717) is 23.8 Å². The number of thiophene rings is 1. The molecule has 4 nitrogen and oxygen atoms in total. The first-order chi connectivity index (χ1) is 12.7. The Morgan fingerprint density at radius 3 is 2.81 bits per heavy atom. The second-order valence-electron chi connectivity index (χ2n) is 7.32. The van der Waals surface area contributed by atoms with Crippen LogP contribution in [0.25, 0.3) is 10.7 Å². The largest absolute Gasteiger partial charge is 0.339 e.